The van der Waals surface area contributed by atoms with Crippen molar-refractivity contribution in [3.63, 3.8) is 0 Å². The quantitative estimate of drug-likeness (QED) is 0.617. The average molecular weight is 267 g/mol. The van der Waals surface area contributed by atoms with Crippen LogP contribution in [0.15, 0.2) is 54.6 Å². The van der Waals surface area contributed by atoms with Gasteiger partial charge in [0, 0.05) is 6.54 Å². The van der Waals surface area contributed by atoms with Gasteiger partial charge in [0.1, 0.15) is 23.9 Å². The molecule has 0 aliphatic heterocycles. The highest BCUT2D eigenvalue weighted by Gasteiger charge is 1.98. The first-order valence-corrected chi connectivity index (χ1v) is 6.48. The number of hydrogen-bond donors (Lipinski definition) is 1. The first kappa shape index (κ1) is 14.0. The molecule has 0 saturated heterocycles. The van der Waals surface area contributed by atoms with E-state index < -0.39 is 0 Å². The van der Waals surface area contributed by atoms with Crippen molar-refractivity contribution in [2.45, 2.75) is 0 Å². The molecule has 0 aliphatic carbocycles. The van der Waals surface area contributed by atoms with Crippen LogP contribution in [0.4, 0.5) is 0 Å². The third-order valence-corrected chi connectivity index (χ3v) is 2.58. The Labute approximate surface area is 119 Å². The Kier molecular flexibility index (Phi) is 5.51. The summed E-state index contributed by atoms with van der Waals surface area (Å²) in [5.74, 6) is 4.93. The standard InChI is InChI=1S/C17H17NO2/c1-2-12-18-13-14-19-15-8-10-17(11-9-15)20-16-6-4-3-5-7-16/h1,3-11,18H,12-14H2. The molecular formula is C17H17NO2. The zero-order valence-corrected chi connectivity index (χ0v) is 11.2. The van der Waals surface area contributed by atoms with Crippen LogP contribution in [0.3, 0.4) is 0 Å². The third kappa shape index (κ3) is 4.68. The Bertz CT molecular complexity index is 543. The van der Waals surface area contributed by atoms with Crippen LogP contribution in [0.1, 0.15) is 0 Å². The number of para-hydroxylation sites is 1. The number of benzene rings is 2. The van der Waals surface area contributed by atoms with Crippen LogP contribution in [0.5, 0.6) is 17.2 Å². The molecule has 0 unspecified atom stereocenters. The van der Waals surface area contributed by atoms with Crippen molar-refractivity contribution in [1.29, 1.82) is 0 Å². The summed E-state index contributed by atoms with van der Waals surface area (Å²) >= 11 is 0. The van der Waals surface area contributed by atoms with E-state index >= 15 is 0 Å². The van der Waals surface area contributed by atoms with E-state index in [0.29, 0.717) is 13.2 Å². The lowest BCUT2D eigenvalue weighted by Gasteiger charge is -2.08. The fraction of sp³-hybridized carbons (Fsp3) is 0.176. The van der Waals surface area contributed by atoms with Gasteiger partial charge in [-0.15, -0.1) is 6.42 Å². The topological polar surface area (TPSA) is 30.5 Å². The molecule has 3 nitrogen and oxygen atoms in total. The van der Waals surface area contributed by atoms with E-state index in [1.54, 1.807) is 0 Å². The summed E-state index contributed by atoms with van der Waals surface area (Å²) in [4.78, 5) is 0. The SMILES string of the molecule is C#CCNCCOc1ccc(Oc2ccccc2)cc1. The Hall–Kier alpha value is -2.44. The van der Waals surface area contributed by atoms with Crippen molar-refractivity contribution in [2.24, 2.45) is 0 Å². The van der Waals surface area contributed by atoms with Gasteiger partial charge in [-0.1, -0.05) is 24.1 Å². The smallest absolute Gasteiger partial charge is 0.127 e. The van der Waals surface area contributed by atoms with Crippen LogP contribution in [-0.4, -0.2) is 19.7 Å². The normalized spacial score (nSPS) is 9.75. The lowest BCUT2D eigenvalue weighted by molar-refractivity contribution is 0.316. The minimum atomic E-state index is 0.563. The Morgan fingerprint density at radius 2 is 1.55 bits per heavy atom. The monoisotopic (exact) mass is 267 g/mol. The Morgan fingerprint density at radius 1 is 0.900 bits per heavy atom. The molecule has 0 radical (unpaired) electrons. The molecule has 1 N–H and O–H groups in total. The molecule has 0 bridgehead atoms. The summed E-state index contributed by atoms with van der Waals surface area (Å²) in [5, 5.41) is 3.06. The van der Waals surface area contributed by atoms with Crippen molar-refractivity contribution in [1.82, 2.24) is 5.32 Å². The third-order valence-electron chi connectivity index (χ3n) is 2.58. The highest BCUT2D eigenvalue weighted by atomic mass is 16.5. The predicted molar refractivity (Wildman–Crippen MR) is 80.2 cm³/mol. The average Bonchev–Trinajstić information content (AvgIpc) is 2.50. The summed E-state index contributed by atoms with van der Waals surface area (Å²) < 4.78 is 11.3. The van der Waals surface area contributed by atoms with Crippen LogP contribution < -0.4 is 14.8 Å². The molecule has 2 aromatic rings. The molecule has 0 aromatic heterocycles. The van der Waals surface area contributed by atoms with Crippen LogP contribution in [-0.2, 0) is 0 Å². The van der Waals surface area contributed by atoms with E-state index in [2.05, 4.69) is 11.2 Å². The molecular weight excluding hydrogens is 250 g/mol. The molecule has 2 aromatic carbocycles. The highest BCUT2D eigenvalue weighted by molar-refractivity contribution is 5.35. The zero-order chi connectivity index (χ0) is 14.0. The van der Waals surface area contributed by atoms with Gasteiger partial charge >= 0.3 is 0 Å². The van der Waals surface area contributed by atoms with Gasteiger partial charge in [0.25, 0.3) is 0 Å². The molecule has 0 spiro atoms. The van der Waals surface area contributed by atoms with Crippen LogP contribution in [0, 0.1) is 12.3 Å². The van der Waals surface area contributed by atoms with Crippen molar-refractivity contribution in [2.75, 3.05) is 19.7 Å². The van der Waals surface area contributed by atoms with E-state index in [1.165, 1.54) is 0 Å². The van der Waals surface area contributed by atoms with Gasteiger partial charge in [0.15, 0.2) is 0 Å². The molecule has 20 heavy (non-hydrogen) atoms. The van der Waals surface area contributed by atoms with Crippen molar-refractivity contribution in [3.8, 4) is 29.6 Å². The Balaban J connectivity index is 1.79. The molecule has 0 atom stereocenters. The fourth-order valence-corrected chi connectivity index (χ4v) is 1.63. The summed E-state index contributed by atoms with van der Waals surface area (Å²) in [6.45, 7) is 1.88. The highest BCUT2D eigenvalue weighted by Crippen LogP contribution is 2.23. The van der Waals surface area contributed by atoms with Gasteiger partial charge in [-0.3, -0.25) is 0 Å². The maximum atomic E-state index is 5.70. The maximum absolute atomic E-state index is 5.70. The van der Waals surface area contributed by atoms with Crippen LogP contribution in [0.2, 0.25) is 0 Å². The molecule has 0 aliphatic rings. The van der Waals surface area contributed by atoms with Gasteiger partial charge in [0.2, 0.25) is 0 Å². The molecule has 2 rings (SSSR count). The van der Waals surface area contributed by atoms with E-state index in [1.807, 2.05) is 54.6 Å². The van der Waals surface area contributed by atoms with E-state index in [-0.39, 0.29) is 0 Å². The minimum absolute atomic E-state index is 0.563. The summed E-state index contributed by atoms with van der Waals surface area (Å²) in [6.07, 6.45) is 5.13. The van der Waals surface area contributed by atoms with Crippen molar-refractivity contribution >= 4 is 0 Å². The van der Waals surface area contributed by atoms with Gasteiger partial charge in [-0.05, 0) is 36.4 Å². The molecule has 0 heterocycles. The number of nitrogens with one attached hydrogen (secondary N) is 1. The second kappa shape index (κ2) is 7.88. The molecule has 3 heteroatoms. The van der Waals surface area contributed by atoms with E-state index in [0.717, 1.165) is 23.8 Å². The molecule has 0 fully saturated rings. The van der Waals surface area contributed by atoms with Crippen LogP contribution in [0.25, 0.3) is 0 Å². The summed E-state index contributed by atoms with van der Waals surface area (Å²) in [7, 11) is 0. The summed E-state index contributed by atoms with van der Waals surface area (Å²) in [5.41, 5.74) is 0. The Morgan fingerprint density at radius 3 is 2.25 bits per heavy atom. The van der Waals surface area contributed by atoms with E-state index in [4.69, 9.17) is 15.9 Å². The minimum Gasteiger partial charge on any atom is -0.492 e. The zero-order valence-electron chi connectivity index (χ0n) is 11.2. The maximum Gasteiger partial charge on any atom is 0.127 e. The van der Waals surface area contributed by atoms with Crippen molar-refractivity contribution in [3.05, 3.63) is 54.6 Å². The number of rotatable bonds is 7. The number of terminal acetylenes is 1. The summed E-state index contributed by atoms with van der Waals surface area (Å²) in [6, 6.07) is 17.2. The van der Waals surface area contributed by atoms with Gasteiger partial charge in [0.05, 0.1) is 6.54 Å². The predicted octanol–water partition coefficient (Wildman–Crippen LogP) is 3.08. The lowest BCUT2D eigenvalue weighted by atomic mass is 10.3. The van der Waals surface area contributed by atoms with E-state index in [9.17, 15) is 0 Å². The molecule has 0 amide bonds. The lowest BCUT2D eigenvalue weighted by Crippen LogP contribution is -2.21. The van der Waals surface area contributed by atoms with Crippen molar-refractivity contribution < 1.29 is 9.47 Å². The van der Waals surface area contributed by atoms with Gasteiger partial charge in [-0.25, -0.2) is 0 Å². The second-order valence-corrected chi connectivity index (χ2v) is 4.12. The van der Waals surface area contributed by atoms with Gasteiger partial charge < -0.3 is 14.8 Å². The number of ether oxygens (including phenoxy) is 2. The molecule has 102 valence electrons. The first-order chi connectivity index (χ1) is 9.88. The van der Waals surface area contributed by atoms with Crippen LogP contribution >= 0.6 is 0 Å². The second-order valence-electron chi connectivity index (χ2n) is 4.12. The first-order valence-electron chi connectivity index (χ1n) is 6.48. The number of hydrogen-bond acceptors (Lipinski definition) is 3. The van der Waals surface area contributed by atoms with Gasteiger partial charge in [-0.2, -0.15) is 0 Å². The largest absolute Gasteiger partial charge is 0.492 e. The fourth-order valence-electron chi connectivity index (χ4n) is 1.63. The molecule has 0 saturated carbocycles.